The van der Waals surface area contributed by atoms with Gasteiger partial charge in [-0.15, -0.1) is 0 Å². The van der Waals surface area contributed by atoms with Crippen LogP contribution in [0.25, 0.3) is 0 Å². The van der Waals surface area contributed by atoms with E-state index >= 15 is 0 Å². The number of rotatable bonds is 5. The van der Waals surface area contributed by atoms with Crippen LogP contribution in [0.1, 0.15) is 39.9 Å². The SMILES string of the molecule is CN1C=CC2=CC=C(CNCC3Nc4ccccc4C3C3NC(=O)c4ccc(O)cc43)CC21. The minimum atomic E-state index is -0.180. The van der Waals surface area contributed by atoms with E-state index in [4.69, 9.17) is 0 Å². The van der Waals surface area contributed by atoms with Gasteiger partial charge in [-0.1, -0.05) is 35.9 Å². The minimum absolute atomic E-state index is 0.0673. The summed E-state index contributed by atoms with van der Waals surface area (Å²) in [7, 11) is 2.13. The predicted molar refractivity (Wildman–Crippen MR) is 129 cm³/mol. The van der Waals surface area contributed by atoms with Crippen molar-refractivity contribution in [3.8, 4) is 5.75 Å². The van der Waals surface area contributed by atoms with Gasteiger partial charge in [-0.3, -0.25) is 4.79 Å². The molecule has 3 aliphatic heterocycles. The molecule has 6 nitrogen and oxygen atoms in total. The zero-order chi connectivity index (χ0) is 22.5. The van der Waals surface area contributed by atoms with Gasteiger partial charge >= 0.3 is 0 Å². The van der Waals surface area contributed by atoms with E-state index in [1.807, 2.05) is 12.1 Å². The Kier molecular flexibility index (Phi) is 4.76. The average Bonchev–Trinajstić information content (AvgIpc) is 3.47. The fraction of sp³-hybridized carbons (Fsp3) is 0.296. The maximum atomic E-state index is 12.6. The molecule has 4 aliphatic rings. The number of carbonyl (C=O) groups excluding carboxylic acids is 1. The first-order chi connectivity index (χ1) is 16.1. The summed E-state index contributed by atoms with van der Waals surface area (Å²) < 4.78 is 0. The second kappa shape index (κ2) is 7.81. The monoisotopic (exact) mass is 440 g/mol. The van der Waals surface area contributed by atoms with Crippen molar-refractivity contribution in [2.45, 2.75) is 30.5 Å². The van der Waals surface area contributed by atoms with Crippen LogP contribution in [-0.4, -0.2) is 48.1 Å². The number of hydrogen-bond donors (Lipinski definition) is 4. The molecule has 4 unspecified atom stereocenters. The fourth-order valence-corrected chi connectivity index (χ4v) is 5.74. The summed E-state index contributed by atoms with van der Waals surface area (Å²) in [5, 5.41) is 20.6. The molecule has 0 saturated heterocycles. The number of anilines is 1. The Morgan fingerprint density at radius 3 is 2.91 bits per heavy atom. The molecule has 2 aromatic rings. The third-order valence-electron chi connectivity index (χ3n) is 7.42. The molecule has 4 atom stereocenters. The van der Waals surface area contributed by atoms with Crippen molar-refractivity contribution in [3.63, 3.8) is 0 Å². The van der Waals surface area contributed by atoms with Crippen molar-refractivity contribution >= 4 is 11.6 Å². The largest absolute Gasteiger partial charge is 0.508 e. The lowest BCUT2D eigenvalue weighted by atomic mass is 9.84. The van der Waals surface area contributed by atoms with Crippen LogP contribution >= 0.6 is 0 Å². The second-order valence-corrected chi connectivity index (χ2v) is 9.41. The number of carbonyl (C=O) groups is 1. The fourth-order valence-electron chi connectivity index (χ4n) is 5.74. The topological polar surface area (TPSA) is 76.6 Å². The molecule has 1 amide bonds. The van der Waals surface area contributed by atoms with Crippen molar-refractivity contribution < 1.29 is 9.90 Å². The predicted octanol–water partition coefficient (Wildman–Crippen LogP) is 3.43. The third-order valence-corrected chi connectivity index (χ3v) is 7.42. The van der Waals surface area contributed by atoms with E-state index in [9.17, 15) is 9.90 Å². The Morgan fingerprint density at radius 2 is 2.00 bits per heavy atom. The molecule has 0 saturated carbocycles. The molecule has 6 rings (SSSR count). The lowest BCUT2D eigenvalue weighted by Gasteiger charge is -2.28. The first-order valence-corrected chi connectivity index (χ1v) is 11.6. The molecule has 2 aromatic carbocycles. The number of amides is 1. The van der Waals surface area contributed by atoms with Gasteiger partial charge in [0.2, 0.25) is 0 Å². The molecule has 4 N–H and O–H groups in total. The van der Waals surface area contributed by atoms with E-state index in [2.05, 4.69) is 64.5 Å². The molecule has 0 radical (unpaired) electrons. The Morgan fingerprint density at radius 1 is 1.12 bits per heavy atom. The molecular formula is C27H28N4O2. The van der Waals surface area contributed by atoms with Crippen molar-refractivity contribution in [1.29, 1.82) is 0 Å². The second-order valence-electron chi connectivity index (χ2n) is 9.41. The van der Waals surface area contributed by atoms with Crippen LogP contribution in [0.2, 0.25) is 0 Å². The quantitative estimate of drug-likeness (QED) is 0.573. The zero-order valence-electron chi connectivity index (χ0n) is 18.6. The smallest absolute Gasteiger partial charge is 0.252 e. The number of phenols is 1. The molecule has 0 bridgehead atoms. The van der Waals surface area contributed by atoms with Crippen LogP contribution in [0.15, 0.2) is 78.0 Å². The first-order valence-electron chi connectivity index (χ1n) is 11.6. The van der Waals surface area contributed by atoms with Crippen LogP contribution in [-0.2, 0) is 0 Å². The lowest BCUT2D eigenvalue weighted by Crippen LogP contribution is -2.39. The van der Waals surface area contributed by atoms with Gasteiger partial charge in [0.25, 0.3) is 5.91 Å². The van der Waals surface area contributed by atoms with E-state index in [-0.39, 0.29) is 29.7 Å². The Bertz CT molecular complexity index is 1210. The van der Waals surface area contributed by atoms with E-state index in [1.54, 1.807) is 18.2 Å². The highest BCUT2D eigenvalue weighted by Crippen LogP contribution is 2.46. The van der Waals surface area contributed by atoms with Gasteiger partial charge in [0.1, 0.15) is 5.75 Å². The number of allylic oxidation sites excluding steroid dienone is 2. The first kappa shape index (κ1) is 20.1. The highest BCUT2D eigenvalue weighted by Gasteiger charge is 2.43. The highest BCUT2D eigenvalue weighted by atomic mass is 16.3. The molecule has 3 heterocycles. The molecular weight excluding hydrogens is 412 g/mol. The Labute approximate surface area is 193 Å². The maximum absolute atomic E-state index is 12.6. The summed E-state index contributed by atoms with van der Waals surface area (Å²) in [6.45, 7) is 1.61. The Balaban J connectivity index is 1.21. The van der Waals surface area contributed by atoms with Crippen molar-refractivity contribution in [3.05, 3.63) is 94.7 Å². The van der Waals surface area contributed by atoms with Crippen LogP contribution < -0.4 is 16.0 Å². The third kappa shape index (κ3) is 3.42. The molecule has 0 fully saturated rings. The van der Waals surface area contributed by atoms with Gasteiger partial charge < -0.3 is 26.0 Å². The van der Waals surface area contributed by atoms with Crippen molar-refractivity contribution in [1.82, 2.24) is 15.5 Å². The number of nitrogens with zero attached hydrogens (tertiary/aromatic N) is 1. The molecule has 168 valence electrons. The minimum Gasteiger partial charge on any atom is -0.508 e. The Hall–Kier alpha value is -3.51. The standard InChI is InChI=1S/C27H28N4O2/c1-31-11-10-17-7-6-16(12-24(17)31)14-28-15-23-25(20-4-2-3-5-22(20)29-23)26-21-13-18(32)8-9-19(21)27(33)30-26/h2-11,13,23-26,28-29,32H,12,14-15H2,1H3,(H,30,33). The lowest BCUT2D eigenvalue weighted by molar-refractivity contribution is 0.0951. The van der Waals surface area contributed by atoms with Gasteiger partial charge in [-0.25, -0.2) is 0 Å². The van der Waals surface area contributed by atoms with Crippen LogP contribution in [0, 0.1) is 0 Å². The number of fused-ring (bicyclic) bond motifs is 3. The van der Waals surface area contributed by atoms with E-state index in [0.717, 1.165) is 30.8 Å². The number of phenolic OH excluding ortho intramolecular Hbond substituents is 1. The van der Waals surface area contributed by atoms with Crippen LogP contribution in [0.5, 0.6) is 5.75 Å². The molecule has 1 aliphatic carbocycles. The average molecular weight is 441 g/mol. The summed E-state index contributed by atoms with van der Waals surface area (Å²) in [5.74, 6) is 0.181. The molecule has 6 heteroatoms. The molecule has 33 heavy (non-hydrogen) atoms. The normalized spacial score (nSPS) is 26.8. The van der Waals surface area contributed by atoms with Crippen molar-refractivity contribution in [2.24, 2.45) is 0 Å². The van der Waals surface area contributed by atoms with Crippen LogP contribution in [0.3, 0.4) is 0 Å². The number of benzene rings is 2. The number of para-hydroxylation sites is 1. The number of aromatic hydroxyl groups is 1. The van der Waals surface area contributed by atoms with Gasteiger partial charge in [0.05, 0.1) is 12.1 Å². The number of nitrogens with one attached hydrogen (secondary N) is 3. The molecule has 0 spiro atoms. The summed E-state index contributed by atoms with van der Waals surface area (Å²) in [5.41, 5.74) is 6.62. The van der Waals surface area contributed by atoms with Crippen molar-refractivity contribution in [2.75, 3.05) is 25.5 Å². The van der Waals surface area contributed by atoms with E-state index in [1.165, 1.54) is 16.7 Å². The highest BCUT2D eigenvalue weighted by molar-refractivity contribution is 5.99. The van der Waals surface area contributed by atoms with Gasteiger partial charge in [-0.2, -0.15) is 0 Å². The molecule has 0 aromatic heterocycles. The summed E-state index contributed by atoms with van der Waals surface area (Å²) >= 11 is 0. The maximum Gasteiger partial charge on any atom is 0.252 e. The van der Waals surface area contributed by atoms with E-state index in [0.29, 0.717) is 11.6 Å². The van der Waals surface area contributed by atoms with Gasteiger partial charge in [0, 0.05) is 43.3 Å². The number of likely N-dealkylation sites (N-methyl/N-ethyl adjacent to an activating group) is 1. The van der Waals surface area contributed by atoms with Gasteiger partial charge in [-0.05, 0) is 59.7 Å². The summed E-state index contributed by atoms with van der Waals surface area (Å²) in [4.78, 5) is 14.9. The zero-order valence-corrected chi connectivity index (χ0v) is 18.6. The number of hydrogen-bond acceptors (Lipinski definition) is 5. The van der Waals surface area contributed by atoms with Gasteiger partial charge in [0.15, 0.2) is 0 Å². The summed E-state index contributed by atoms with van der Waals surface area (Å²) in [6, 6.07) is 13.7. The van der Waals surface area contributed by atoms with Crippen LogP contribution in [0.4, 0.5) is 5.69 Å². The summed E-state index contributed by atoms with van der Waals surface area (Å²) in [6.07, 6.45) is 9.86. The van der Waals surface area contributed by atoms with E-state index < -0.39 is 0 Å².